The second-order valence-corrected chi connectivity index (χ2v) is 6.29. The van der Waals surface area contributed by atoms with Crippen LogP contribution >= 0.6 is 0 Å². The van der Waals surface area contributed by atoms with E-state index in [0.29, 0.717) is 5.69 Å². The van der Waals surface area contributed by atoms with E-state index in [1.165, 1.54) is 20.3 Å². The smallest absolute Gasteiger partial charge is 0.355 e. The Labute approximate surface area is 157 Å². The number of imidazole rings is 1. The first kappa shape index (κ1) is 18.4. The number of fused-ring (bicyclic) bond motifs is 1. The zero-order chi connectivity index (χ0) is 19.6. The summed E-state index contributed by atoms with van der Waals surface area (Å²) in [4.78, 5) is 34.1. The number of nitrogens with one attached hydrogen (secondary N) is 1. The van der Waals surface area contributed by atoms with Gasteiger partial charge in [-0.3, -0.25) is 0 Å². The molecule has 1 aliphatic rings. The Kier molecular flexibility index (Phi) is 5.12. The van der Waals surface area contributed by atoms with Crippen molar-refractivity contribution in [3.05, 3.63) is 59.7 Å². The average Bonchev–Trinajstić information content (AvgIpc) is 2.98. The van der Waals surface area contributed by atoms with Crippen molar-refractivity contribution in [2.45, 2.75) is 19.8 Å². The molecule has 0 aliphatic carbocycles. The van der Waals surface area contributed by atoms with Crippen molar-refractivity contribution in [1.29, 1.82) is 0 Å². The van der Waals surface area contributed by atoms with Gasteiger partial charge in [0.1, 0.15) is 11.5 Å². The third-order valence-corrected chi connectivity index (χ3v) is 4.20. The number of benzene rings is 1. The lowest BCUT2D eigenvalue weighted by Gasteiger charge is -2.23. The molecule has 7 nitrogen and oxygen atoms in total. The minimum atomic E-state index is -0.640. The zero-order valence-corrected chi connectivity index (χ0v) is 15.6. The standard InChI is InChI=1S/C20H21N3O4/c1-12(2)18-21-15-9-8-13(11-16(15)22-18)23-10-6-5-7-14(19(24)26-3)17(23)20(25)27-4/h5-12H,1-4H3,(H,21,22). The van der Waals surface area contributed by atoms with Gasteiger partial charge in [-0.05, 0) is 30.4 Å². The number of ether oxygens (including phenoxy) is 2. The fraction of sp³-hybridized carbons (Fsp3) is 0.250. The molecule has 27 heavy (non-hydrogen) atoms. The van der Waals surface area contributed by atoms with Crippen molar-refractivity contribution >= 4 is 28.7 Å². The SMILES string of the molecule is COC(=O)C1=C(C(=O)OC)N(c2ccc3nc(C(C)C)[nH]c3c2)C=CC=C1. The van der Waals surface area contributed by atoms with Crippen molar-refractivity contribution in [1.82, 2.24) is 9.97 Å². The van der Waals surface area contributed by atoms with Gasteiger partial charge in [-0.15, -0.1) is 0 Å². The van der Waals surface area contributed by atoms with Crippen LogP contribution in [-0.4, -0.2) is 36.1 Å². The molecule has 0 radical (unpaired) electrons. The summed E-state index contributed by atoms with van der Waals surface area (Å²) < 4.78 is 9.74. The summed E-state index contributed by atoms with van der Waals surface area (Å²) in [5, 5.41) is 0. The zero-order valence-electron chi connectivity index (χ0n) is 15.6. The quantitative estimate of drug-likeness (QED) is 0.836. The molecule has 1 aromatic heterocycles. The van der Waals surface area contributed by atoms with E-state index in [-0.39, 0.29) is 17.2 Å². The molecule has 0 unspecified atom stereocenters. The van der Waals surface area contributed by atoms with Crippen LogP contribution in [0.25, 0.3) is 11.0 Å². The number of methoxy groups -OCH3 is 2. The van der Waals surface area contributed by atoms with Gasteiger partial charge < -0.3 is 19.4 Å². The number of carbonyl (C=O) groups is 2. The van der Waals surface area contributed by atoms with Crippen LogP contribution in [0.1, 0.15) is 25.6 Å². The highest BCUT2D eigenvalue weighted by molar-refractivity contribution is 6.05. The molecule has 0 bridgehead atoms. The molecule has 7 heteroatoms. The van der Waals surface area contributed by atoms with E-state index in [9.17, 15) is 9.59 Å². The third kappa shape index (κ3) is 3.48. The van der Waals surface area contributed by atoms with Crippen molar-refractivity contribution in [3.63, 3.8) is 0 Å². The van der Waals surface area contributed by atoms with E-state index in [4.69, 9.17) is 9.47 Å². The lowest BCUT2D eigenvalue weighted by molar-refractivity contribution is -0.139. The maximum absolute atomic E-state index is 12.5. The van der Waals surface area contributed by atoms with E-state index in [0.717, 1.165) is 16.9 Å². The number of aromatic nitrogens is 2. The molecule has 3 rings (SSSR count). The monoisotopic (exact) mass is 367 g/mol. The van der Waals surface area contributed by atoms with E-state index in [1.54, 1.807) is 23.3 Å². The van der Waals surface area contributed by atoms with Crippen LogP contribution in [0.3, 0.4) is 0 Å². The van der Waals surface area contributed by atoms with Crippen molar-refractivity contribution in [2.75, 3.05) is 19.1 Å². The van der Waals surface area contributed by atoms with Gasteiger partial charge in [-0.1, -0.05) is 19.9 Å². The summed E-state index contributed by atoms with van der Waals surface area (Å²) in [5.74, 6) is -0.113. The fourth-order valence-corrected chi connectivity index (χ4v) is 2.81. The summed E-state index contributed by atoms with van der Waals surface area (Å²) >= 11 is 0. The molecule has 0 atom stereocenters. The minimum absolute atomic E-state index is 0.0808. The number of rotatable bonds is 4. The van der Waals surface area contributed by atoms with E-state index < -0.39 is 11.9 Å². The molecule has 1 N–H and O–H groups in total. The van der Waals surface area contributed by atoms with Crippen molar-refractivity contribution in [2.24, 2.45) is 0 Å². The molecule has 0 fully saturated rings. The highest BCUT2D eigenvalue weighted by Crippen LogP contribution is 2.29. The van der Waals surface area contributed by atoms with Gasteiger partial charge in [0, 0.05) is 17.8 Å². The Hall–Kier alpha value is -3.35. The van der Waals surface area contributed by atoms with Crippen molar-refractivity contribution < 1.29 is 19.1 Å². The number of allylic oxidation sites excluding steroid dienone is 2. The number of hydrogen-bond donors (Lipinski definition) is 1. The molecule has 0 saturated heterocycles. The lowest BCUT2D eigenvalue weighted by atomic mass is 10.1. The Morgan fingerprint density at radius 1 is 1.11 bits per heavy atom. The van der Waals surface area contributed by atoms with Crippen LogP contribution < -0.4 is 4.90 Å². The number of anilines is 1. The third-order valence-electron chi connectivity index (χ3n) is 4.20. The fourth-order valence-electron chi connectivity index (χ4n) is 2.81. The first-order valence-corrected chi connectivity index (χ1v) is 8.51. The normalized spacial score (nSPS) is 14.0. The number of aromatic amines is 1. The van der Waals surface area contributed by atoms with Crippen molar-refractivity contribution in [3.8, 4) is 0 Å². The number of H-pyrrole nitrogens is 1. The summed E-state index contributed by atoms with van der Waals surface area (Å²) in [6, 6.07) is 5.58. The molecular weight excluding hydrogens is 346 g/mol. The minimum Gasteiger partial charge on any atom is -0.465 e. The molecule has 0 saturated carbocycles. The molecule has 0 amide bonds. The van der Waals surface area contributed by atoms with Gasteiger partial charge in [-0.2, -0.15) is 0 Å². The van der Waals surface area contributed by atoms with Gasteiger partial charge in [0.05, 0.1) is 30.8 Å². The summed E-state index contributed by atoms with van der Waals surface area (Å²) in [6.45, 7) is 4.12. The molecular formula is C20H21N3O4. The maximum atomic E-state index is 12.5. The maximum Gasteiger partial charge on any atom is 0.355 e. The largest absolute Gasteiger partial charge is 0.465 e. The van der Waals surface area contributed by atoms with Gasteiger partial charge >= 0.3 is 11.9 Å². The second kappa shape index (κ2) is 7.49. The van der Waals surface area contributed by atoms with Gasteiger partial charge in [-0.25, -0.2) is 14.6 Å². The Bertz CT molecular complexity index is 982. The first-order chi connectivity index (χ1) is 13.0. The number of hydrogen-bond acceptors (Lipinski definition) is 6. The Morgan fingerprint density at radius 3 is 2.52 bits per heavy atom. The van der Waals surface area contributed by atoms with Gasteiger partial charge in [0.15, 0.2) is 0 Å². The van der Waals surface area contributed by atoms with Crippen LogP contribution in [0.4, 0.5) is 5.69 Å². The summed E-state index contributed by atoms with van der Waals surface area (Å²) in [5.41, 5.74) is 2.55. The van der Waals surface area contributed by atoms with Crippen LogP contribution in [-0.2, 0) is 19.1 Å². The number of nitrogens with zero attached hydrogens (tertiary/aromatic N) is 2. The highest BCUT2D eigenvalue weighted by Gasteiger charge is 2.27. The van der Waals surface area contributed by atoms with Gasteiger partial charge in [0.25, 0.3) is 0 Å². The molecule has 2 aromatic rings. The number of carbonyl (C=O) groups excluding carboxylic acids is 2. The van der Waals surface area contributed by atoms with Crippen LogP contribution in [0.5, 0.6) is 0 Å². The lowest BCUT2D eigenvalue weighted by Crippen LogP contribution is -2.26. The van der Waals surface area contributed by atoms with E-state index in [2.05, 4.69) is 23.8 Å². The first-order valence-electron chi connectivity index (χ1n) is 8.51. The van der Waals surface area contributed by atoms with Crippen LogP contribution in [0, 0.1) is 0 Å². The average molecular weight is 367 g/mol. The van der Waals surface area contributed by atoms with Crippen LogP contribution in [0.2, 0.25) is 0 Å². The van der Waals surface area contributed by atoms with E-state index >= 15 is 0 Å². The second-order valence-electron chi connectivity index (χ2n) is 6.29. The Balaban J connectivity index is 2.16. The summed E-state index contributed by atoms with van der Waals surface area (Å²) in [6.07, 6.45) is 6.62. The number of esters is 2. The predicted octanol–water partition coefficient (Wildman–Crippen LogP) is 3.18. The molecule has 0 spiro atoms. The molecule has 2 heterocycles. The Morgan fingerprint density at radius 2 is 1.85 bits per heavy atom. The highest BCUT2D eigenvalue weighted by atomic mass is 16.5. The summed E-state index contributed by atoms with van der Waals surface area (Å²) in [7, 11) is 2.54. The molecule has 140 valence electrons. The molecule has 1 aliphatic heterocycles. The molecule has 1 aromatic carbocycles. The topological polar surface area (TPSA) is 84.5 Å². The predicted molar refractivity (Wildman–Crippen MR) is 102 cm³/mol. The van der Waals surface area contributed by atoms with Gasteiger partial charge in [0.2, 0.25) is 0 Å². The van der Waals surface area contributed by atoms with E-state index in [1.807, 2.05) is 18.2 Å². The van der Waals surface area contributed by atoms with Crippen LogP contribution in [0.15, 0.2) is 53.9 Å².